The molecule has 0 amide bonds. The second kappa shape index (κ2) is 8.56. The van der Waals surface area contributed by atoms with Crippen LogP contribution in [0.2, 0.25) is 0 Å². The van der Waals surface area contributed by atoms with Crippen LogP contribution in [0.3, 0.4) is 0 Å². The van der Waals surface area contributed by atoms with Crippen LogP contribution in [0.15, 0.2) is 0 Å². The van der Waals surface area contributed by atoms with Gasteiger partial charge in [0.05, 0.1) is 6.26 Å². The zero-order valence-electron chi connectivity index (χ0n) is 7.64. The summed E-state index contributed by atoms with van der Waals surface area (Å²) in [7, 11) is -4.80. The van der Waals surface area contributed by atoms with Gasteiger partial charge in [-0.1, -0.05) is 0 Å². The molecule has 0 saturated heterocycles. The molecule has 0 aliphatic rings. The zero-order chi connectivity index (χ0) is 8.36. The Hall–Kier alpha value is 2.26. The Balaban J connectivity index is -0.000000405. The minimum atomic E-state index is -3.35. The van der Waals surface area contributed by atoms with E-state index in [4.69, 9.17) is 0 Å². The molecule has 0 saturated carbocycles. The Morgan fingerprint density at radius 3 is 1.75 bits per heavy atom. The van der Waals surface area contributed by atoms with Crippen molar-refractivity contribution in [1.82, 2.24) is 4.31 Å². The van der Waals surface area contributed by atoms with Crippen LogP contribution >= 0.6 is 8.38 Å². The van der Waals surface area contributed by atoms with E-state index in [1.54, 1.807) is 0 Å². The van der Waals surface area contributed by atoms with Crippen LogP contribution in [0.25, 0.3) is 0 Å². The van der Waals surface area contributed by atoms with Gasteiger partial charge in [-0.15, -0.1) is 0 Å². The maximum atomic E-state index is 10.5. The molecule has 0 N–H and O–H groups in total. The third-order valence-electron chi connectivity index (χ3n) is 0.881. The zero-order valence-corrected chi connectivity index (χ0v) is 13.4. The molecule has 0 spiro atoms. The fraction of sp³-hybridized carbons (Fsp3) is 1.00. The van der Waals surface area contributed by atoms with Crippen molar-refractivity contribution < 1.29 is 77.3 Å². The molecule has 0 unspecified atom stereocenters. The predicted molar refractivity (Wildman–Crippen MR) is 34.4 cm³/mol. The number of nitrogens with zero attached hydrogens (tertiary/aromatic N) is 1. The first-order valence-corrected chi connectivity index (χ1v) is 5.58. The van der Waals surface area contributed by atoms with Gasteiger partial charge in [-0.25, -0.2) is 12.7 Å². The largest absolute Gasteiger partial charge is 1.00 e. The Bertz CT molecular complexity index is 196. The van der Waals surface area contributed by atoms with E-state index in [1.165, 1.54) is 7.05 Å². The van der Waals surface area contributed by atoms with Crippen LogP contribution in [-0.4, -0.2) is 32.3 Å². The predicted octanol–water partition coefficient (Wildman–Crippen LogP) is -8.12. The number of sulfonamides is 1. The van der Waals surface area contributed by atoms with E-state index in [0.717, 1.165) is 10.6 Å². The smallest absolute Gasteiger partial charge is 0.841 e. The van der Waals surface area contributed by atoms with Crippen molar-refractivity contribution in [2.75, 3.05) is 19.6 Å². The molecule has 62 valence electrons. The summed E-state index contributed by atoms with van der Waals surface area (Å²) in [6, 6.07) is 0. The summed E-state index contributed by atoms with van der Waals surface area (Å²) in [5.41, 5.74) is 0. The van der Waals surface area contributed by atoms with Crippen LogP contribution in [0.5, 0.6) is 0 Å². The Kier molecular flexibility index (Phi) is 14.1. The van der Waals surface area contributed by atoms with Crippen LogP contribution in [0.4, 0.5) is 0 Å². The van der Waals surface area contributed by atoms with E-state index in [2.05, 4.69) is 0 Å². The maximum absolute atomic E-state index is 10.5. The first kappa shape index (κ1) is 19.8. The average Bonchev–Trinajstić information content (AvgIpc) is 1.60. The van der Waals surface area contributed by atoms with E-state index >= 15 is 0 Å². The van der Waals surface area contributed by atoms with Crippen molar-refractivity contribution in [2.45, 2.75) is 0 Å². The van der Waals surface area contributed by atoms with Gasteiger partial charge in [0.1, 0.15) is 0 Å². The van der Waals surface area contributed by atoms with E-state index in [9.17, 15) is 18.2 Å². The summed E-state index contributed by atoms with van der Waals surface area (Å²) >= 11 is 0. The number of hydrogen-bond donors (Lipinski definition) is 0. The van der Waals surface area contributed by atoms with E-state index < -0.39 is 24.7 Å². The van der Waals surface area contributed by atoms with Gasteiger partial charge in [0, 0.05) is 13.3 Å². The SMILES string of the molecule is CN(CP([O-])[O-])S(C)(=O)=O.[Na+].[Na+]. The Morgan fingerprint density at radius 1 is 1.33 bits per heavy atom. The molecule has 0 bridgehead atoms. The van der Waals surface area contributed by atoms with Crippen molar-refractivity contribution in [3.05, 3.63) is 0 Å². The molecule has 0 aliphatic carbocycles. The molecule has 0 atom stereocenters. The molecule has 0 fully saturated rings. The van der Waals surface area contributed by atoms with Crippen LogP contribution in [0.1, 0.15) is 0 Å². The standard InChI is InChI=1S/C3H8NO4PS.2Na/c1-4(3-9(5)6)10(2,7)8;;/h3H2,1-2H3;;/q-2;2*+1. The van der Waals surface area contributed by atoms with Crippen molar-refractivity contribution in [3.63, 3.8) is 0 Å². The Morgan fingerprint density at radius 2 is 1.67 bits per heavy atom. The molecule has 0 aromatic heterocycles. The van der Waals surface area contributed by atoms with Gasteiger partial charge >= 0.3 is 59.1 Å². The fourth-order valence-corrected chi connectivity index (χ4v) is 1.71. The van der Waals surface area contributed by atoms with Gasteiger partial charge in [-0.3, -0.25) is 8.38 Å². The molecule has 9 heteroatoms. The van der Waals surface area contributed by atoms with Crippen LogP contribution in [0, 0.1) is 0 Å². The topological polar surface area (TPSA) is 83.5 Å². The van der Waals surface area contributed by atoms with E-state index in [1.807, 2.05) is 0 Å². The molecule has 0 rings (SSSR count). The summed E-state index contributed by atoms with van der Waals surface area (Å²) in [6.45, 7) is 0. The molecule has 0 aromatic carbocycles. The summed E-state index contributed by atoms with van der Waals surface area (Å²) < 4.78 is 21.8. The summed E-state index contributed by atoms with van der Waals surface area (Å²) in [6.07, 6.45) is 0.500. The van der Waals surface area contributed by atoms with Crippen LogP contribution in [-0.2, 0) is 10.0 Å². The minimum Gasteiger partial charge on any atom is -0.841 e. The molecule has 0 aromatic rings. The van der Waals surface area contributed by atoms with E-state index in [-0.39, 0.29) is 59.1 Å². The molecule has 0 heterocycles. The summed E-state index contributed by atoms with van der Waals surface area (Å²) in [5, 5.41) is 0. The second-order valence-corrected chi connectivity index (χ2v) is 4.87. The molecule has 5 nitrogen and oxygen atoms in total. The van der Waals surface area contributed by atoms with Gasteiger partial charge in [-0.2, -0.15) is 0 Å². The van der Waals surface area contributed by atoms with Gasteiger partial charge in [0.25, 0.3) is 0 Å². The third-order valence-corrected chi connectivity index (χ3v) is 2.99. The van der Waals surface area contributed by atoms with Crippen molar-refractivity contribution in [2.24, 2.45) is 0 Å². The maximum Gasteiger partial charge on any atom is 1.00 e. The van der Waals surface area contributed by atoms with Gasteiger partial charge in [0.15, 0.2) is 0 Å². The van der Waals surface area contributed by atoms with Crippen molar-refractivity contribution in [3.8, 4) is 0 Å². The quantitative estimate of drug-likeness (QED) is 0.356. The first-order chi connectivity index (χ1) is 4.34. The van der Waals surface area contributed by atoms with Gasteiger partial charge in [0.2, 0.25) is 10.0 Å². The number of rotatable bonds is 3. The molecule has 0 radical (unpaired) electrons. The molecule has 0 aliphatic heterocycles. The number of hydrogen-bond acceptors (Lipinski definition) is 4. The summed E-state index contributed by atoms with van der Waals surface area (Å²) in [4.78, 5) is 20.0. The minimum absolute atomic E-state index is 0. The monoisotopic (exact) mass is 231 g/mol. The Labute approximate surface area is 118 Å². The molecular weight excluding hydrogens is 223 g/mol. The van der Waals surface area contributed by atoms with E-state index in [0.29, 0.717) is 0 Å². The average molecular weight is 231 g/mol. The second-order valence-electron chi connectivity index (χ2n) is 1.84. The summed E-state index contributed by atoms with van der Waals surface area (Å²) in [5.74, 6) is 0. The van der Waals surface area contributed by atoms with Crippen molar-refractivity contribution in [1.29, 1.82) is 0 Å². The van der Waals surface area contributed by atoms with Gasteiger partial charge < -0.3 is 9.79 Å². The van der Waals surface area contributed by atoms with Gasteiger partial charge in [-0.05, 0) is 0 Å². The fourth-order valence-electron chi connectivity index (χ4n) is 0.267. The normalized spacial score (nSPS) is 10.8. The molecular formula is C3H8NNa2O4PS. The molecule has 12 heavy (non-hydrogen) atoms. The van der Waals surface area contributed by atoms with Crippen LogP contribution < -0.4 is 68.9 Å². The first-order valence-electron chi connectivity index (χ1n) is 2.37. The third kappa shape index (κ3) is 10.3. The van der Waals surface area contributed by atoms with Crippen molar-refractivity contribution >= 4 is 18.4 Å².